The molecule has 2 aromatic heterocycles. The third-order valence-corrected chi connectivity index (χ3v) is 4.15. The summed E-state index contributed by atoms with van der Waals surface area (Å²) in [6, 6.07) is 10.1. The number of ether oxygens (including phenoxy) is 1. The van der Waals surface area contributed by atoms with Gasteiger partial charge in [-0.2, -0.15) is 0 Å². The number of hydrogen-bond acceptors (Lipinski definition) is 2. The van der Waals surface area contributed by atoms with Crippen LogP contribution in [0.15, 0.2) is 42.7 Å². The molecule has 0 unspecified atom stereocenters. The van der Waals surface area contributed by atoms with Gasteiger partial charge in [0.1, 0.15) is 18.0 Å². The van der Waals surface area contributed by atoms with Gasteiger partial charge in [-0.25, -0.2) is 4.98 Å². The van der Waals surface area contributed by atoms with Crippen molar-refractivity contribution in [2.45, 2.75) is 25.9 Å². The van der Waals surface area contributed by atoms with Gasteiger partial charge in [0.2, 0.25) is 0 Å². The van der Waals surface area contributed by atoms with E-state index in [1.807, 2.05) is 28.9 Å². The van der Waals surface area contributed by atoms with E-state index in [1.54, 1.807) is 0 Å². The van der Waals surface area contributed by atoms with Gasteiger partial charge in [0.05, 0.1) is 10.7 Å². The standard InChI is InChI=1S/C17H15ClN2O/c18-14-5-7-17-19-15(10-20(17)9-14)11-21-16-6-4-12-2-1-3-13(12)8-16/h4-10H,1-3,11H2. The molecule has 3 nitrogen and oxygen atoms in total. The number of pyridine rings is 1. The monoisotopic (exact) mass is 298 g/mol. The minimum atomic E-state index is 0.470. The number of nitrogens with zero attached hydrogens (tertiary/aromatic N) is 2. The van der Waals surface area contributed by atoms with Gasteiger partial charge in [0, 0.05) is 12.4 Å². The number of benzene rings is 1. The number of aromatic nitrogens is 2. The van der Waals surface area contributed by atoms with Crippen LogP contribution in [0.2, 0.25) is 5.02 Å². The molecule has 0 fully saturated rings. The van der Waals surface area contributed by atoms with Gasteiger partial charge in [-0.05, 0) is 54.7 Å². The summed E-state index contributed by atoms with van der Waals surface area (Å²) in [5.74, 6) is 0.922. The molecule has 1 aliphatic rings. The highest BCUT2D eigenvalue weighted by molar-refractivity contribution is 6.30. The highest BCUT2D eigenvalue weighted by atomic mass is 35.5. The molecule has 0 saturated carbocycles. The van der Waals surface area contributed by atoms with Gasteiger partial charge in [-0.15, -0.1) is 0 Å². The summed E-state index contributed by atoms with van der Waals surface area (Å²) in [5.41, 5.74) is 4.67. The molecule has 0 radical (unpaired) electrons. The topological polar surface area (TPSA) is 26.5 Å². The van der Waals surface area contributed by atoms with E-state index in [0.29, 0.717) is 11.6 Å². The predicted molar refractivity (Wildman–Crippen MR) is 83.0 cm³/mol. The number of imidazole rings is 1. The molecule has 0 saturated heterocycles. The Morgan fingerprint density at radius 3 is 2.95 bits per heavy atom. The number of hydrogen-bond donors (Lipinski definition) is 0. The molecule has 0 N–H and O–H groups in total. The molecule has 1 aliphatic carbocycles. The lowest BCUT2D eigenvalue weighted by Crippen LogP contribution is -1.96. The van der Waals surface area contributed by atoms with Crippen molar-refractivity contribution in [3.63, 3.8) is 0 Å². The first kappa shape index (κ1) is 12.7. The molecule has 0 atom stereocenters. The summed E-state index contributed by atoms with van der Waals surface area (Å²) < 4.78 is 7.79. The first-order chi connectivity index (χ1) is 10.3. The van der Waals surface area contributed by atoms with Crippen LogP contribution in [0.1, 0.15) is 23.2 Å². The molecule has 3 aromatic rings. The molecular weight excluding hydrogens is 284 g/mol. The van der Waals surface area contributed by atoms with Gasteiger partial charge >= 0.3 is 0 Å². The van der Waals surface area contributed by atoms with Crippen molar-refractivity contribution in [2.24, 2.45) is 0 Å². The second-order valence-electron chi connectivity index (χ2n) is 5.42. The van der Waals surface area contributed by atoms with Crippen LogP contribution in [-0.4, -0.2) is 9.38 Å². The summed E-state index contributed by atoms with van der Waals surface area (Å²) in [6.07, 6.45) is 7.42. The number of fused-ring (bicyclic) bond motifs is 2. The fourth-order valence-corrected chi connectivity index (χ4v) is 3.05. The van der Waals surface area contributed by atoms with E-state index >= 15 is 0 Å². The van der Waals surface area contributed by atoms with E-state index in [-0.39, 0.29) is 0 Å². The molecule has 1 aromatic carbocycles. The normalized spacial score (nSPS) is 13.6. The Labute approximate surface area is 128 Å². The van der Waals surface area contributed by atoms with Crippen LogP contribution < -0.4 is 4.74 Å². The lowest BCUT2D eigenvalue weighted by molar-refractivity contribution is 0.302. The summed E-state index contributed by atoms with van der Waals surface area (Å²) in [7, 11) is 0. The molecule has 106 valence electrons. The van der Waals surface area contributed by atoms with Crippen molar-refractivity contribution in [3.8, 4) is 5.75 Å². The zero-order valence-corrected chi connectivity index (χ0v) is 12.3. The average molecular weight is 299 g/mol. The third-order valence-electron chi connectivity index (χ3n) is 3.92. The van der Waals surface area contributed by atoms with Crippen LogP contribution in [0.3, 0.4) is 0 Å². The van der Waals surface area contributed by atoms with Crippen LogP contribution >= 0.6 is 11.6 Å². The fraction of sp³-hybridized carbons (Fsp3) is 0.235. The number of rotatable bonds is 3. The third kappa shape index (κ3) is 2.49. The molecule has 4 heteroatoms. The smallest absolute Gasteiger partial charge is 0.137 e. The molecular formula is C17H15ClN2O. The summed E-state index contributed by atoms with van der Waals surface area (Å²) >= 11 is 5.98. The molecule has 0 amide bonds. The quantitative estimate of drug-likeness (QED) is 0.729. The van der Waals surface area contributed by atoms with E-state index in [0.717, 1.165) is 17.1 Å². The maximum absolute atomic E-state index is 5.98. The van der Waals surface area contributed by atoms with E-state index < -0.39 is 0 Å². The van der Waals surface area contributed by atoms with Crippen molar-refractivity contribution in [1.82, 2.24) is 9.38 Å². The first-order valence-corrected chi connectivity index (χ1v) is 7.53. The van der Waals surface area contributed by atoms with Gasteiger partial charge in [-0.3, -0.25) is 0 Å². The molecule has 2 heterocycles. The van der Waals surface area contributed by atoms with E-state index in [1.165, 1.54) is 30.4 Å². The van der Waals surface area contributed by atoms with Crippen molar-refractivity contribution < 1.29 is 4.74 Å². The Kier molecular flexibility index (Phi) is 3.08. The summed E-state index contributed by atoms with van der Waals surface area (Å²) in [5, 5.41) is 0.700. The molecule has 0 aliphatic heterocycles. The maximum atomic E-state index is 5.98. The summed E-state index contributed by atoms with van der Waals surface area (Å²) in [6.45, 7) is 0.470. The van der Waals surface area contributed by atoms with Gasteiger partial charge in [-0.1, -0.05) is 17.7 Å². The molecule has 0 bridgehead atoms. The lowest BCUT2D eigenvalue weighted by atomic mass is 10.1. The highest BCUT2D eigenvalue weighted by Crippen LogP contribution is 2.26. The zero-order chi connectivity index (χ0) is 14.2. The Balaban J connectivity index is 1.52. The second kappa shape index (κ2) is 5.08. The van der Waals surface area contributed by atoms with E-state index in [2.05, 4.69) is 23.2 Å². The van der Waals surface area contributed by atoms with Crippen LogP contribution in [0.25, 0.3) is 5.65 Å². The summed E-state index contributed by atoms with van der Waals surface area (Å²) in [4.78, 5) is 4.52. The van der Waals surface area contributed by atoms with Crippen molar-refractivity contribution >= 4 is 17.2 Å². The highest BCUT2D eigenvalue weighted by Gasteiger charge is 2.11. The van der Waals surface area contributed by atoms with E-state index in [9.17, 15) is 0 Å². The number of halogens is 1. The first-order valence-electron chi connectivity index (χ1n) is 7.16. The largest absolute Gasteiger partial charge is 0.487 e. The van der Waals surface area contributed by atoms with E-state index in [4.69, 9.17) is 16.3 Å². The van der Waals surface area contributed by atoms with Gasteiger partial charge in [0.25, 0.3) is 0 Å². The SMILES string of the molecule is Clc1ccc2nc(COc3ccc4c(c3)CCC4)cn2c1. The van der Waals surface area contributed by atoms with Gasteiger partial charge < -0.3 is 9.14 Å². The van der Waals surface area contributed by atoms with Crippen molar-refractivity contribution in [1.29, 1.82) is 0 Å². The molecule has 21 heavy (non-hydrogen) atoms. The Morgan fingerprint density at radius 1 is 1.10 bits per heavy atom. The van der Waals surface area contributed by atoms with Gasteiger partial charge in [0.15, 0.2) is 0 Å². The zero-order valence-electron chi connectivity index (χ0n) is 11.6. The van der Waals surface area contributed by atoms with Crippen LogP contribution in [-0.2, 0) is 19.4 Å². The van der Waals surface area contributed by atoms with Crippen LogP contribution in [0.4, 0.5) is 0 Å². The Bertz CT molecular complexity index is 810. The minimum Gasteiger partial charge on any atom is -0.487 e. The van der Waals surface area contributed by atoms with Crippen molar-refractivity contribution in [2.75, 3.05) is 0 Å². The Morgan fingerprint density at radius 2 is 2.00 bits per heavy atom. The number of aryl methyl sites for hydroxylation is 2. The second-order valence-corrected chi connectivity index (χ2v) is 5.85. The van der Waals surface area contributed by atoms with Crippen LogP contribution in [0.5, 0.6) is 5.75 Å². The minimum absolute atomic E-state index is 0.470. The maximum Gasteiger partial charge on any atom is 0.137 e. The molecule has 4 rings (SSSR count). The lowest BCUT2D eigenvalue weighted by Gasteiger charge is -2.06. The fourth-order valence-electron chi connectivity index (χ4n) is 2.88. The molecule has 0 spiro atoms. The Hall–Kier alpha value is -2.00. The van der Waals surface area contributed by atoms with Crippen molar-refractivity contribution in [3.05, 3.63) is 64.6 Å². The average Bonchev–Trinajstić information content (AvgIpc) is 3.09. The van der Waals surface area contributed by atoms with Crippen LogP contribution in [0, 0.1) is 0 Å². The predicted octanol–water partition coefficient (Wildman–Crippen LogP) is 4.06.